The number of aromatic nitrogens is 2. The molecule has 2 N–H and O–H groups in total. The van der Waals surface area contributed by atoms with Gasteiger partial charge in [-0.1, -0.05) is 12.1 Å². The zero-order valence-corrected chi connectivity index (χ0v) is 12.5. The molecule has 22 heavy (non-hydrogen) atoms. The van der Waals surface area contributed by atoms with Gasteiger partial charge in [-0.15, -0.1) is 0 Å². The van der Waals surface area contributed by atoms with Crippen LogP contribution in [0.25, 0.3) is 10.9 Å². The minimum absolute atomic E-state index is 0.119. The predicted octanol–water partition coefficient (Wildman–Crippen LogP) is 2.59. The zero-order chi connectivity index (χ0) is 15.7. The lowest BCUT2D eigenvalue weighted by atomic mass is 10.1. The average molecular weight is 295 g/mol. The molecular weight excluding hydrogens is 278 g/mol. The summed E-state index contributed by atoms with van der Waals surface area (Å²) in [7, 11) is 0. The van der Waals surface area contributed by atoms with Crippen LogP contribution in [-0.4, -0.2) is 15.5 Å². The van der Waals surface area contributed by atoms with Crippen molar-refractivity contribution in [3.63, 3.8) is 0 Å². The summed E-state index contributed by atoms with van der Waals surface area (Å²) in [5, 5.41) is 3.51. The fourth-order valence-corrected chi connectivity index (χ4v) is 2.51. The van der Waals surface area contributed by atoms with Crippen molar-refractivity contribution in [3.8, 4) is 0 Å². The molecule has 0 atom stereocenters. The minimum Gasteiger partial charge on any atom is -0.338 e. The van der Waals surface area contributed by atoms with E-state index in [9.17, 15) is 9.59 Å². The summed E-state index contributed by atoms with van der Waals surface area (Å²) < 4.78 is 1.77. The molecule has 5 heteroatoms. The molecule has 0 radical (unpaired) electrons. The number of pyridine rings is 1. The molecule has 0 spiro atoms. The van der Waals surface area contributed by atoms with Gasteiger partial charge in [0.1, 0.15) is 6.54 Å². The smallest absolute Gasteiger partial charge is 0.257 e. The molecule has 2 heterocycles. The quantitative estimate of drug-likeness (QED) is 0.780. The Kier molecular flexibility index (Phi) is 3.55. The standard InChI is InChI=1S/C17H17N3O2/c1-11-4-3-5-14(12(11)2)19-16(21)10-20-9-7-13-15(20)6-8-18-17(13)22/h3-9H,10H2,1-2H3,(H,18,22)(H,19,21). The number of H-pyrrole nitrogens is 1. The molecule has 0 fully saturated rings. The van der Waals surface area contributed by atoms with Gasteiger partial charge in [0.15, 0.2) is 0 Å². The highest BCUT2D eigenvalue weighted by Crippen LogP contribution is 2.18. The Labute approximate surface area is 127 Å². The van der Waals surface area contributed by atoms with Crippen molar-refractivity contribution < 1.29 is 4.79 Å². The molecule has 2 aromatic heterocycles. The fourth-order valence-electron chi connectivity index (χ4n) is 2.51. The maximum atomic E-state index is 12.3. The van der Waals surface area contributed by atoms with E-state index in [2.05, 4.69) is 10.3 Å². The fraction of sp³-hybridized carbons (Fsp3) is 0.176. The van der Waals surface area contributed by atoms with Crippen LogP contribution in [0.2, 0.25) is 0 Å². The normalized spacial score (nSPS) is 10.8. The van der Waals surface area contributed by atoms with Gasteiger partial charge < -0.3 is 14.9 Å². The van der Waals surface area contributed by atoms with E-state index in [4.69, 9.17) is 0 Å². The molecule has 3 aromatic rings. The van der Waals surface area contributed by atoms with E-state index in [-0.39, 0.29) is 18.0 Å². The number of fused-ring (bicyclic) bond motifs is 1. The second-order valence-corrected chi connectivity index (χ2v) is 5.34. The summed E-state index contributed by atoms with van der Waals surface area (Å²) in [6.07, 6.45) is 3.34. The predicted molar refractivity (Wildman–Crippen MR) is 87.1 cm³/mol. The van der Waals surface area contributed by atoms with Crippen molar-refractivity contribution in [3.05, 3.63) is 64.2 Å². The van der Waals surface area contributed by atoms with Crippen LogP contribution in [0.4, 0.5) is 5.69 Å². The van der Waals surface area contributed by atoms with Crippen LogP contribution >= 0.6 is 0 Å². The highest BCUT2D eigenvalue weighted by Gasteiger charge is 2.09. The third kappa shape index (κ3) is 2.53. The van der Waals surface area contributed by atoms with E-state index in [0.29, 0.717) is 5.39 Å². The Morgan fingerprint density at radius 3 is 2.86 bits per heavy atom. The molecule has 0 aliphatic rings. The maximum absolute atomic E-state index is 12.3. The largest absolute Gasteiger partial charge is 0.338 e. The Morgan fingerprint density at radius 1 is 1.23 bits per heavy atom. The van der Waals surface area contributed by atoms with Gasteiger partial charge in [-0.05, 0) is 43.2 Å². The van der Waals surface area contributed by atoms with E-state index < -0.39 is 0 Å². The second-order valence-electron chi connectivity index (χ2n) is 5.34. The number of hydrogen-bond donors (Lipinski definition) is 2. The highest BCUT2D eigenvalue weighted by molar-refractivity contribution is 5.92. The lowest BCUT2D eigenvalue weighted by Gasteiger charge is -2.11. The number of benzene rings is 1. The number of carbonyl (C=O) groups is 1. The van der Waals surface area contributed by atoms with Gasteiger partial charge in [0.25, 0.3) is 5.56 Å². The van der Waals surface area contributed by atoms with E-state index >= 15 is 0 Å². The number of nitrogens with one attached hydrogen (secondary N) is 2. The van der Waals surface area contributed by atoms with Crippen molar-refractivity contribution in [2.75, 3.05) is 5.32 Å². The number of nitrogens with zero attached hydrogens (tertiary/aromatic N) is 1. The molecule has 0 aliphatic carbocycles. The van der Waals surface area contributed by atoms with Crippen molar-refractivity contribution in [2.45, 2.75) is 20.4 Å². The third-order valence-corrected chi connectivity index (χ3v) is 3.90. The van der Waals surface area contributed by atoms with Gasteiger partial charge in [-0.2, -0.15) is 0 Å². The van der Waals surface area contributed by atoms with Gasteiger partial charge in [0.2, 0.25) is 5.91 Å². The summed E-state index contributed by atoms with van der Waals surface area (Å²) in [6, 6.07) is 9.33. The van der Waals surface area contributed by atoms with Crippen LogP contribution in [0.15, 0.2) is 47.5 Å². The molecule has 0 saturated carbocycles. The molecule has 0 unspecified atom stereocenters. The first-order valence-corrected chi connectivity index (χ1v) is 7.09. The van der Waals surface area contributed by atoms with Gasteiger partial charge in [0.05, 0.1) is 10.9 Å². The number of hydrogen-bond acceptors (Lipinski definition) is 2. The van der Waals surface area contributed by atoms with E-state index in [0.717, 1.165) is 22.3 Å². The summed E-state index contributed by atoms with van der Waals surface area (Å²) in [5.74, 6) is -0.119. The van der Waals surface area contributed by atoms with Crippen molar-refractivity contribution in [2.24, 2.45) is 0 Å². The van der Waals surface area contributed by atoms with Crippen molar-refractivity contribution >= 4 is 22.5 Å². The Bertz CT molecular complexity index is 906. The van der Waals surface area contributed by atoms with Crippen molar-refractivity contribution in [1.82, 2.24) is 9.55 Å². The Morgan fingerprint density at radius 2 is 2.05 bits per heavy atom. The molecule has 3 rings (SSSR count). The van der Waals surface area contributed by atoms with Crippen molar-refractivity contribution in [1.29, 1.82) is 0 Å². The van der Waals surface area contributed by atoms with Gasteiger partial charge in [-0.25, -0.2) is 0 Å². The van der Waals surface area contributed by atoms with Crippen LogP contribution in [0, 0.1) is 13.8 Å². The lowest BCUT2D eigenvalue weighted by molar-refractivity contribution is -0.116. The number of carbonyl (C=O) groups excluding carboxylic acids is 1. The molecule has 0 saturated heterocycles. The zero-order valence-electron chi connectivity index (χ0n) is 12.5. The third-order valence-electron chi connectivity index (χ3n) is 3.90. The molecule has 1 amide bonds. The van der Waals surface area contributed by atoms with E-state index in [1.165, 1.54) is 0 Å². The summed E-state index contributed by atoms with van der Waals surface area (Å²) in [4.78, 5) is 26.6. The first kappa shape index (κ1) is 14.1. The summed E-state index contributed by atoms with van der Waals surface area (Å²) in [5.41, 5.74) is 3.62. The van der Waals surface area contributed by atoms with Gasteiger partial charge in [0, 0.05) is 18.1 Å². The van der Waals surface area contributed by atoms with Gasteiger partial charge in [-0.3, -0.25) is 9.59 Å². The maximum Gasteiger partial charge on any atom is 0.257 e. The molecule has 0 bridgehead atoms. The highest BCUT2D eigenvalue weighted by atomic mass is 16.2. The number of amides is 1. The number of rotatable bonds is 3. The van der Waals surface area contributed by atoms with E-state index in [1.807, 2.05) is 32.0 Å². The first-order valence-electron chi connectivity index (χ1n) is 7.09. The molecule has 5 nitrogen and oxygen atoms in total. The minimum atomic E-state index is -0.147. The molecular formula is C17H17N3O2. The monoisotopic (exact) mass is 295 g/mol. The summed E-state index contributed by atoms with van der Waals surface area (Å²) in [6.45, 7) is 4.16. The average Bonchev–Trinajstić information content (AvgIpc) is 2.88. The number of anilines is 1. The second kappa shape index (κ2) is 5.52. The lowest BCUT2D eigenvalue weighted by Crippen LogP contribution is -2.19. The Hall–Kier alpha value is -2.82. The first-order chi connectivity index (χ1) is 10.6. The van der Waals surface area contributed by atoms with Crippen LogP contribution in [0.5, 0.6) is 0 Å². The SMILES string of the molecule is Cc1cccc(NC(=O)Cn2ccc3c(=O)[nH]ccc32)c1C. The number of aryl methyl sites for hydroxylation is 1. The van der Waals surface area contributed by atoms with Crippen LogP contribution in [0.3, 0.4) is 0 Å². The number of aromatic amines is 1. The van der Waals surface area contributed by atoms with Gasteiger partial charge >= 0.3 is 0 Å². The van der Waals surface area contributed by atoms with Crippen LogP contribution in [-0.2, 0) is 11.3 Å². The van der Waals surface area contributed by atoms with Crippen LogP contribution in [0.1, 0.15) is 11.1 Å². The topological polar surface area (TPSA) is 66.9 Å². The Balaban J connectivity index is 1.83. The summed E-state index contributed by atoms with van der Waals surface area (Å²) >= 11 is 0. The molecule has 0 aliphatic heterocycles. The van der Waals surface area contributed by atoms with E-state index in [1.54, 1.807) is 29.1 Å². The van der Waals surface area contributed by atoms with Crippen LogP contribution < -0.4 is 10.9 Å². The molecule has 112 valence electrons. The molecule has 1 aromatic carbocycles.